The summed E-state index contributed by atoms with van der Waals surface area (Å²) in [6, 6.07) is 7.98. The van der Waals surface area contributed by atoms with E-state index in [4.69, 9.17) is 4.74 Å². The van der Waals surface area contributed by atoms with E-state index >= 15 is 0 Å². The first-order chi connectivity index (χ1) is 14.7. The fourth-order valence-electron chi connectivity index (χ4n) is 3.78. The van der Waals surface area contributed by atoms with Gasteiger partial charge in [0.15, 0.2) is 5.96 Å². The molecule has 0 spiro atoms. The molecular formula is C23H35N5O2. The molecule has 2 N–H and O–H groups in total. The maximum atomic E-state index is 12.4. The van der Waals surface area contributed by atoms with Gasteiger partial charge in [-0.1, -0.05) is 37.3 Å². The van der Waals surface area contributed by atoms with E-state index in [2.05, 4.69) is 32.0 Å². The first-order valence-corrected chi connectivity index (χ1v) is 11.0. The Kier molecular flexibility index (Phi) is 8.56. The lowest BCUT2D eigenvalue weighted by atomic mass is 9.84. The first-order valence-electron chi connectivity index (χ1n) is 11.0. The molecule has 1 aromatic rings. The molecule has 1 aliphatic heterocycles. The number of hydrogen-bond donors (Lipinski definition) is 2. The van der Waals surface area contributed by atoms with Gasteiger partial charge in [0, 0.05) is 64.3 Å². The molecule has 0 atom stereocenters. The van der Waals surface area contributed by atoms with Crippen LogP contribution in [0.5, 0.6) is 5.75 Å². The quantitative estimate of drug-likeness (QED) is 0.367. The Hall–Kier alpha value is -2.54. The first kappa shape index (κ1) is 22.2. The van der Waals surface area contributed by atoms with Crippen LogP contribution in [-0.2, 0) is 11.3 Å². The van der Waals surface area contributed by atoms with Gasteiger partial charge in [-0.3, -0.25) is 14.7 Å². The number of hydrogen-bond acceptors (Lipinski definition) is 4. The van der Waals surface area contributed by atoms with E-state index < -0.39 is 0 Å². The third kappa shape index (κ3) is 6.23. The molecule has 30 heavy (non-hydrogen) atoms. The predicted octanol–water partition coefficient (Wildman–Crippen LogP) is 1.86. The zero-order valence-electron chi connectivity index (χ0n) is 18.1. The minimum Gasteiger partial charge on any atom is -0.489 e. The van der Waals surface area contributed by atoms with Crippen molar-refractivity contribution in [2.75, 3.05) is 52.9 Å². The van der Waals surface area contributed by atoms with Gasteiger partial charge in [0.2, 0.25) is 5.91 Å². The summed E-state index contributed by atoms with van der Waals surface area (Å²) < 4.78 is 5.71. The van der Waals surface area contributed by atoms with Crippen molar-refractivity contribution >= 4 is 11.9 Å². The standard InChI is InChI=1S/C23H35N5O2/c1-3-17-30-21-10-5-4-7-20(21)18-26-23(24-2)25-11-12-27-13-15-28(16-14-27)22(29)19-8-6-9-19/h3-5,7,10,19H,1,6,8-9,11-18H2,2H3,(H2,24,25,26). The van der Waals surface area contributed by atoms with Crippen LogP contribution in [0, 0.1) is 5.92 Å². The molecule has 1 saturated carbocycles. The van der Waals surface area contributed by atoms with Crippen molar-refractivity contribution in [2.45, 2.75) is 25.8 Å². The third-order valence-electron chi connectivity index (χ3n) is 5.86. The number of carbonyl (C=O) groups is 1. The van der Waals surface area contributed by atoms with Crippen molar-refractivity contribution in [3.63, 3.8) is 0 Å². The number of guanidine groups is 1. The van der Waals surface area contributed by atoms with Crippen LogP contribution in [0.25, 0.3) is 0 Å². The molecule has 0 unspecified atom stereocenters. The number of rotatable bonds is 9. The number of benzene rings is 1. The molecule has 7 heteroatoms. The van der Waals surface area contributed by atoms with Gasteiger partial charge in [0.25, 0.3) is 0 Å². The smallest absolute Gasteiger partial charge is 0.225 e. The van der Waals surface area contributed by atoms with Crippen LogP contribution in [-0.4, -0.2) is 74.6 Å². The van der Waals surface area contributed by atoms with E-state index in [1.807, 2.05) is 24.3 Å². The van der Waals surface area contributed by atoms with Crippen LogP contribution in [0.15, 0.2) is 41.9 Å². The summed E-state index contributed by atoms with van der Waals surface area (Å²) >= 11 is 0. The van der Waals surface area contributed by atoms with Gasteiger partial charge < -0.3 is 20.3 Å². The fourth-order valence-corrected chi connectivity index (χ4v) is 3.78. The maximum absolute atomic E-state index is 12.4. The molecule has 1 saturated heterocycles. The summed E-state index contributed by atoms with van der Waals surface area (Å²) in [6.07, 6.45) is 5.12. The molecular weight excluding hydrogens is 378 g/mol. The molecule has 0 bridgehead atoms. The summed E-state index contributed by atoms with van der Waals surface area (Å²) in [5, 5.41) is 6.73. The second kappa shape index (κ2) is 11.6. The molecule has 1 amide bonds. The third-order valence-corrected chi connectivity index (χ3v) is 5.86. The van der Waals surface area contributed by atoms with Gasteiger partial charge >= 0.3 is 0 Å². The average Bonchev–Trinajstić information content (AvgIpc) is 2.74. The molecule has 1 heterocycles. The zero-order valence-corrected chi connectivity index (χ0v) is 18.1. The van der Waals surface area contributed by atoms with Gasteiger partial charge in [-0.15, -0.1) is 0 Å². The van der Waals surface area contributed by atoms with Gasteiger partial charge in [-0.2, -0.15) is 0 Å². The number of para-hydroxylation sites is 1. The molecule has 0 radical (unpaired) electrons. The molecule has 2 fully saturated rings. The molecule has 1 aromatic carbocycles. The summed E-state index contributed by atoms with van der Waals surface area (Å²) in [5.41, 5.74) is 1.08. The summed E-state index contributed by atoms with van der Waals surface area (Å²) in [7, 11) is 1.78. The summed E-state index contributed by atoms with van der Waals surface area (Å²) in [5.74, 6) is 2.31. The normalized spacial score (nSPS) is 17.9. The Morgan fingerprint density at radius 3 is 2.67 bits per heavy atom. The SMILES string of the molecule is C=CCOc1ccccc1CNC(=NC)NCCN1CCN(C(=O)C2CCC2)CC1. The number of nitrogens with one attached hydrogen (secondary N) is 2. The molecule has 0 aromatic heterocycles. The second-order valence-corrected chi connectivity index (χ2v) is 7.85. The highest BCUT2D eigenvalue weighted by Crippen LogP contribution is 2.28. The summed E-state index contributed by atoms with van der Waals surface area (Å²) in [4.78, 5) is 21.1. The fraction of sp³-hybridized carbons (Fsp3) is 0.565. The maximum Gasteiger partial charge on any atom is 0.225 e. The van der Waals surface area contributed by atoms with Crippen LogP contribution < -0.4 is 15.4 Å². The van der Waals surface area contributed by atoms with Crippen molar-refractivity contribution < 1.29 is 9.53 Å². The number of nitrogens with zero attached hydrogens (tertiary/aromatic N) is 3. The number of ether oxygens (including phenoxy) is 1. The molecule has 1 aliphatic carbocycles. The van der Waals surface area contributed by atoms with Crippen molar-refractivity contribution in [3.05, 3.63) is 42.5 Å². The Labute approximate surface area is 180 Å². The minimum atomic E-state index is 0.305. The number of carbonyl (C=O) groups excluding carboxylic acids is 1. The van der Waals surface area contributed by atoms with Gasteiger partial charge in [0.1, 0.15) is 12.4 Å². The van der Waals surface area contributed by atoms with Gasteiger partial charge in [-0.25, -0.2) is 0 Å². The Balaban J connectivity index is 1.35. The number of amides is 1. The van der Waals surface area contributed by atoms with Crippen molar-refractivity contribution in [1.29, 1.82) is 0 Å². The van der Waals surface area contributed by atoms with Crippen LogP contribution in [0.3, 0.4) is 0 Å². The highest BCUT2D eigenvalue weighted by molar-refractivity contribution is 5.80. The minimum absolute atomic E-state index is 0.305. The van der Waals surface area contributed by atoms with Gasteiger partial charge in [-0.05, 0) is 18.9 Å². The van der Waals surface area contributed by atoms with Crippen LogP contribution >= 0.6 is 0 Å². The Morgan fingerprint density at radius 2 is 2.00 bits per heavy atom. The Morgan fingerprint density at radius 1 is 1.23 bits per heavy atom. The zero-order chi connectivity index (χ0) is 21.2. The van der Waals surface area contributed by atoms with Crippen molar-refractivity contribution in [2.24, 2.45) is 10.9 Å². The van der Waals surface area contributed by atoms with Crippen LogP contribution in [0.1, 0.15) is 24.8 Å². The lowest BCUT2D eigenvalue weighted by Gasteiger charge is -2.38. The van der Waals surface area contributed by atoms with Crippen molar-refractivity contribution in [3.8, 4) is 5.75 Å². The highest BCUT2D eigenvalue weighted by Gasteiger charge is 2.30. The van der Waals surface area contributed by atoms with E-state index in [1.165, 1.54) is 6.42 Å². The molecule has 7 nitrogen and oxygen atoms in total. The summed E-state index contributed by atoms with van der Waals surface area (Å²) in [6.45, 7) is 10.2. The van der Waals surface area contributed by atoms with Crippen LogP contribution in [0.2, 0.25) is 0 Å². The highest BCUT2D eigenvalue weighted by atomic mass is 16.5. The van der Waals surface area contributed by atoms with E-state index in [9.17, 15) is 4.79 Å². The Bertz CT molecular complexity index is 724. The lowest BCUT2D eigenvalue weighted by Crippen LogP contribution is -2.52. The van der Waals surface area contributed by atoms with Crippen LogP contribution in [0.4, 0.5) is 0 Å². The van der Waals surface area contributed by atoms with Crippen molar-refractivity contribution in [1.82, 2.24) is 20.4 Å². The van der Waals surface area contributed by atoms with E-state index in [-0.39, 0.29) is 0 Å². The molecule has 2 aliphatic rings. The predicted molar refractivity (Wildman–Crippen MR) is 121 cm³/mol. The lowest BCUT2D eigenvalue weighted by molar-refractivity contribution is -0.139. The second-order valence-electron chi connectivity index (χ2n) is 7.85. The van der Waals surface area contributed by atoms with E-state index in [0.29, 0.717) is 25.0 Å². The number of piperazine rings is 1. The average molecular weight is 414 g/mol. The number of aliphatic imine (C=N–C) groups is 1. The topological polar surface area (TPSA) is 69.2 Å². The monoisotopic (exact) mass is 413 g/mol. The van der Waals surface area contributed by atoms with Gasteiger partial charge in [0.05, 0.1) is 0 Å². The molecule has 3 rings (SSSR count). The molecule has 164 valence electrons. The van der Waals surface area contributed by atoms with E-state index in [0.717, 1.165) is 69.4 Å². The van der Waals surface area contributed by atoms with E-state index in [1.54, 1.807) is 13.1 Å². The largest absolute Gasteiger partial charge is 0.489 e.